The van der Waals surface area contributed by atoms with E-state index in [0.29, 0.717) is 5.57 Å². The van der Waals surface area contributed by atoms with E-state index in [0.717, 1.165) is 25.7 Å². The lowest BCUT2D eigenvalue weighted by Gasteiger charge is -2.01. The van der Waals surface area contributed by atoms with Gasteiger partial charge in [0.05, 0.1) is 0 Å². The van der Waals surface area contributed by atoms with Crippen LogP contribution in [0.1, 0.15) is 32.6 Å². The molecule has 0 saturated carbocycles. The van der Waals surface area contributed by atoms with Gasteiger partial charge in [0.2, 0.25) is 0 Å². The molecule has 2 radical (unpaired) electrons. The van der Waals surface area contributed by atoms with Crippen LogP contribution in [0.3, 0.4) is 0 Å². The maximum absolute atomic E-state index is 10.8. The minimum absolute atomic E-state index is 0.343. The number of carbonyl (C=O) groups is 1. The molecular formula is C10H16O2. The lowest BCUT2D eigenvalue weighted by atomic mass is 10.2. The van der Waals surface area contributed by atoms with Gasteiger partial charge in [-0.25, -0.2) is 4.79 Å². The van der Waals surface area contributed by atoms with Gasteiger partial charge in [-0.1, -0.05) is 26.3 Å². The average molecular weight is 168 g/mol. The summed E-state index contributed by atoms with van der Waals surface area (Å²) in [6.45, 7) is 10.3. The predicted octanol–water partition coefficient (Wildman–Crippen LogP) is 2.66. The van der Waals surface area contributed by atoms with E-state index in [1.165, 1.54) is 6.61 Å². The monoisotopic (exact) mass is 168 g/mol. The second-order valence-electron chi connectivity index (χ2n) is 2.70. The third kappa shape index (κ3) is 5.96. The fraction of sp³-hybridized carbons (Fsp3) is 0.500. The van der Waals surface area contributed by atoms with E-state index in [9.17, 15) is 4.79 Å². The molecule has 0 rings (SSSR count). The van der Waals surface area contributed by atoms with E-state index in [2.05, 4.69) is 13.5 Å². The van der Waals surface area contributed by atoms with Gasteiger partial charge in [-0.3, -0.25) is 0 Å². The molecule has 12 heavy (non-hydrogen) atoms. The fourth-order valence-electron chi connectivity index (χ4n) is 0.640. The molecule has 0 spiro atoms. The molecule has 0 N–H and O–H groups in total. The molecule has 0 aromatic carbocycles. The highest BCUT2D eigenvalue weighted by Crippen LogP contribution is 2.03. The Bertz CT molecular complexity index is 150. The first-order valence-corrected chi connectivity index (χ1v) is 4.16. The minimum Gasteiger partial charge on any atom is -0.455 e. The minimum atomic E-state index is -0.343. The summed E-state index contributed by atoms with van der Waals surface area (Å²) in [4.78, 5) is 10.8. The van der Waals surface area contributed by atoms with Gasteiger partial charge in [-0.2, -0.15) is 0 Å². The van der Waals surface area contributed by atoms with Crippen molar-refractivity contribution >= 4 is 5.97 Å². The van der Waals surface area contributed by atoms with Gasteiger partial charge < -0.3 is 4.74 Å². The SMILES string of the molecule is [CH2]CCCC[CH]OC(=O)C(=C)C. The van der Waals surface area contributed by atoms with Crippen molar-refractivity contribution in [3.05, 3.63) is 25.7 Å². The highest BCUT2D eigenvalue weighted by atomic mass is 16.5. The largest absolute Gasteiger partial charge is 0.455 e. The van der Waals surface area contributed by atoms with E-state index in [-0.39, 0.29) is 5.97 Å². The van der Waals surface area contributed by atoms with Crippen LogP contribution in [0.15, 0.2) is 12.2 Å². The van der Waals surface area contributed by atoms with Crippen molar-refractivity contribution in [3.63, 3.8) is 0 Å². The molecule has 0 fully saturated rings. The molecule has 0 aliphatic heterocycles. The first-order valence-electron chi connectivity index (χ1n) is 4.16. The van der Waals surface area contributed by atoms with Crippen LogP contribution in [-0.4, -0.2) is 5.97 Å². The third-order valence-corrected chi connectivity index (χ3v) is 1.36. The number of hydrogen-bond donors (Lipinski definition) is 0. The number of ether oxygens (including phenoxy) is 1. The maximum Gasteiger partial charge on any atom is 0.333 e. The molecule has 2 heteroatoms. The van der Waals surface area contributed by atoms with Gasteiger partial charge in [0, 0.05) is 5.57 Å². The zero-order chi connectivity index (χ0) is 9.40. The molecule has 0 unspecified atom stereocenters. The molecule has 0 bridgehead atoms. The van der Waals surface area contributed by atoms with Crippen LogP contribution in [0.5, 0.6) is 0 Å². The van der Waals surface area contributed by atoms with Crippen molar-refractivity contribution in [2.45, 2.75) is 32.6 Å². The Hall–Kier alpha value is -0.790. The Morgan fingerprint density at radius 3 is 2.67 bits per heavy atom. The fourth-order valence-corrected chi connectivity index (χ4v) is 0.640. The molecule has 0 aliphatic carbocycles. The molecule has 0 aromatic rings. The van der Waals surface area contributed by atoms with Crippen LogP contribution < -0.4 is 0 Å². The number of rotatable bonds is 6. The van der Waals surface area contributed by atoms with Gasteiger partial charge >= 0.3 is 5.97 Å². The van der Waals surface area contributed by atoms with Gasteiger partial charge in [-0.05, 0) is 19.8 Å². The van der Waals surface area contributed by atoms with E-state index >= 15 is 0 Å². The topological polar surface area (TPSA) is 26.3 Å². The second kappa shape index (κ2) is 6.89. The Kier molecular flexibility index (Phi) is 6.44. The summed E-state index contributed by atoms with van der Waals surface area (Å²) >= 11 is 0. The van der Waals surface area contributed by atoms with Crippen molar-refractivity contribution < 1.29 is 9.53 Å². The smallest absolute Gasteiger partial charge is 0.333 e. The molecule has 0 heterocycles. The molecule has 0 aromatic heterocycles. The Morgan fingerprint density at radius 1 is 1.50 bits per heavy atom. The van der Waals surface area contributed by atoms with Crippen LogP contribution in [0.4, 0.5) is 0 Å². The van der Waals surface area contributed by atoms with Gasteiger partial charge in [0.15, 0.2) is 0 Å². The van der Waals surface area contributed by atoms with E-state index in [1.807, 2.05) is 0 Å². The lowest BCUT2D eigenvalue weighted by Crippen LogP contribution is -2.02. The van der Waals surface area contributed by atoms with Crippen molar-refractivity contribution in [1.82, 2.24) is 0 Å². The second-order valence-corrected chi connectivity index (χ2v) is 2.70. The molecular weight excluding hydrogens is 152 g/mol. The Labute approximate surface area is 74.6 Å². The third-order valence-electron chi connectivity index (χ3n) is 1.36. The predicted molar refractivity (Wildman–Crippen MR) is 49.0 cm³/mol. The summed E-state index contributed by atoms with van der Waals surface area (Å²) in [5.41, 5.74) is 0.434. The van der Waals surface area contributed by atoms with E-state index in [4.69, 9.17) is 4.74 Å². The molecule has 0 atom stereocenters. The zero-order valence-electron chi connectivity index (χ0n) is 7.64. The molecule has 68 valence electrons. The van der Waals surface area contributed by atoms with Crippen molar-refractivity contribution in [3.8, 4) is 0 Å². The standard InChI is InChI=1S/C10H16O2/c1-4-5-6-7-8-12-10(11)9(2)3/h8H,1-2,4-7H2,3H3. The van der Waals surface area contributed by atoms with Crippen LogP contribution in [-0.2, 0) is 9.53 Å². The highest BCUT2D eigenvalue weighted by Gasteiger charge is 2.01. The number of hydrogen-bond acceptors (Lipinski definition) is 2. The number of esters is 1. The van der Waals surface area contributed by atoms with E-state index in [1.54, 1.807) is 6.92 Å². The van der Waals surface area contributed by atoms with Crippen molar-refractivity contribution in [2.24, 2.45) is 0 Å². The van der Waals surface area contributed by atoms with Crippen molar-refractivity contribution in [1.29, 1.82) is 0 Å². The van der Waals surface area contributed by atoms with Gasteiger partial charge in [-0.15, -0.1) is 0 Å². The lowest BCUT2D eigenvalue weighted by molar-refractivity contribution is -0.135. The quantitative estimate of drug-likeness (QED) is 0.346. The number of unbranched alkanes of at least 4 members (excludes halogenated alkanes) is 3. The Balaban J connectivity index is 3.20. The van der Waals surface area contributed by atoms with Crippen molar-refractivity contribution in [2.75, 3.05) is 0 Å². The Morgan fingerprint density at radius 2 is 2.17 bits per heavy atom. The number of carbonyl (C=O) groups excluding carboxylic acids is 1. The first-order chi connectivity index (χ1) is 5.68. The molecule has 0 aliphatic rings. The summed E-state index contributed by atoms with van der Waals surface area (Å²) in [7, 11) is 0. The maximum atomic E-state index is 10.8. The normalized spacial score (nSPS) is 9.50. The summed E-state index contributed by atoms with van der Waals surface area (Å²) in [6, 6.07) is 0. The average Bonchev–Trinajstić information content (AvgIpc) is 2.03. The van der Waals surface area contributed by atoms with E-state index < -0.39 is 0 Å². The molecule has 2 nitrogen and oxygen atoms in total. The van der Waals surface area contributed by atoms with Gasteiger partial charge in [0.25, 0.3) is 0 Å². The molecule has 0 saturated heterocycles. The summed E-state index contributed by atoms with van der Waals surface area (Å²) in [5, 5.41) is 0. The van der Waals surface area contributed by atoms with Crippen LogP contribution in [0.2, 0.25) is 0 Å². The van der Waals surface area contributed by atoms with Crippen LogP contribution in [0.25, 0.3) is 0 Å². The molecule has 0 amide bonds. The van der Waals surface area contributed by atoms with Crippen LogP contribution >= 0.6 is 0 Å². The summed E-state index contributed by atoms with van der Waals surface area (Å²) in [6.07, 6.45) is 3.82. The van der Waals surface area contributed by atoms with Crippen LogP contribution in [0, 0.1) is 13.5 Å². The summed E-state index contributed by atoms with van der Waals surface area (Å²) < 4.78 is 4.77. The highest BCUT2D eigenvalue weighted by molar-refractivity contribution is 5.87. The zero-order valence-corrected chi connectivity index (χ0v) is 7.64. The van der Waals surface area contributed by atoms with Gasteiger partial charge in [0.1, 0.15) is 6.61 Å². The first kappa shape index (κ1) is 11.2. The summed E-state index contributed by atoms with van der Waals surface area (Å²) in [5.74, 6) is -0.343.